The zero-order valence-electron chi connectivity index (χ0n) is 9.72. The van der Waals surface area contributed by atoms with Crippen LogP contribution in [0.1, 0.15) is 17.3 Å². The van der Waals surface area contributed by atoms with Gasteiger partial charge in [-0.1, -0.05) is 0 Å². The van der Waals surface area contributed by atoms with Gasteiger partial charge >= 0.3 is 0 Å². The van der Waals surface area contributed by atoms with Crippen LogP contribution in [0.2, 0.25) is 0 Å². The fourth-order valence-corrected chi connectivity index (χ4v) is 1.96. The lowest BCUT2D eigenvalue weighted by Crippen LogP contribution is -2.10. The highest BCUT2D eigenvalue weighted by Crippen LogP contribution is 2.19. The van der Waals surface area contributed by atoms with Crippen molar-refractivity contribution in [3.63, 3.8) is 0 Å². The molecule has 0 aliphatic rings. The van der Waals surface area contributed by atoms with Crippen molar-refractivity contribution in [3.05, 3.63) is 44.7 Å². The van der Waals surface area contributed by atoms with Crippen LogP contribution in [0.15, 0.2) is 23.9 Å². The van der Waals surface area contributed by atoms with Crippen LogP contribution in [-0.4, -0.2) is 24.8 Å². The Bertz CT molecular complexity index is 484. The molecule has 0 aliphatic carbocycles. The van der Waals surface area contributed by atoms with Crippen LogP contribution >= 0.6 is 22.6 Å². The van der Waals surface area contributed by atoms with Gasteiger partial charge < -0.3 is 4.90 Å². The summed E-state index contributed by atoms with van der Waals surface area (Å²) in [5.41, 5.74) is 0.125. The van der Waals surface area contributed by atoms with E-state index in [0.29, 0.717) is 9.14 Å². The van der Waals surface area contributed by atoms with Gasteiger partial charge in [0.05, 0.1) is 5.56 Å². The maximum Gasteiger partial charge on any atom is 0.193 e. The van der Waals surface area contributed by atoms with Crippen LogP contribution in [0.4, 0.5) is 8.78 Å². The number of ketones is 1. The van der Waals surface area contributed by atoms with Crippen molar-refractivity contribution >= 4 is 28.4 Å². The molecule has 92 valence electrons. The van der Waals surface area contributed by atoms with Gasteiger partial charge in [0.25, 0.3) is 0 Å². The Morgan fingerprint density at radius 1 is 1.35 bits per heavy atom. The minimum Gasteiger partial charge on any atom is -0.383 e. The average Bonchev–Trinajstić information content (AvgIpc) is 2.21. The molecule has 0 radical (unpaired) electrons. The predicted molar refractivity (Wildman–Crippen MR) is 70.8 cm³/mol. The van der Waals surface area contributed by atoms with E-state index in [9.17, 15) is 13.6 Å². The highest BCUT2D eigenvalue weighted by atomic mass is 127. The smallest absolute Gasteiger partial charge is 0.193 e. The maximum absolute atomic E-state index is 13.5. The monoisotopic (exact) mass is 351 g/mol. The zero-order chi connectivity index (χ0) is 13.2. The van der Waals surface area contributed by atoms with Gasteiger partial charge in [0.15, 0.2) is 17.4 Å². The summed E-state index contributed by atoms with van der Waals surface area (Å²) in [7, 11) is 3.50. The van der Waals surface area contributed by atoms with Gasteiger partial charge in [-0.2, -0.15) is 0 Å². The van der Waals surface area contributed by atoms with Crippen molar-refractivity contribution in [2.75, 3.05) is 14.1 Å². The summed E-state index contributed by atoms with van der Waals surface area (Å²) in [6, 6.07) is 2.39. The fraction of sp³-hybridized carbons (Fsp3) is 0.250. The first-order chi connectivity index (χ1) is 7.82. The normalized spacial score (nSPS) is 11.5. The second kappa shape index (κ2) is 5.57. The van der Waals surface area contributed by atoms with E-state index in [-0.39, 0.29) is 5.56 Å². The number of allylic oxidation sites excluding steroid dienone is 1. The van der Waals surface area contributed by atoms with Gasteiger partial charge in [-0.25, -0.2) is 8.78 Å². The topological polar surface area (TPSA) is 20.3 Å². The summed E-state index contributed by atoms with van der Waals surface area (Å²) >= 11 is 1.84. The van der Waals surface area contributed by atoms with Crippen LogP contribution in [-0.2, 0) is 0 Å². The van der Waals surface area contributed by atoms with Crippen LogP contribution in [0.3, 0.4) is 0 Å². The van der Waals surface area contributed by atoms with Gasteiger partial charge in [-0.15, -0.1) is 0 Å². The van der Waals surface area contributed by atoms with E-state index in [1.807, 2.05) is 22.6 Å². The SMILES string of the molecule is C/C(=C\N(C)C)C(=O)c1cc(I)cc(F)c1F. The molecule has 0 aliphatic heterocycles. The molecule has 0 amide bonds. The summed E-state index contributed by atoms with van der Waals surface area (Å²) in [5.74, 6) is -2.60. The number of halogens is 3. The molecule has 0 fully saturated rings. The first kappa shape index (κ1) is 14.1. The molecular weight excluding hydrogens is 339 g/mol. The number of carbonyl (C=O) groups excluding carboxylic acids is 1. The first-order valence-electron chi connectivity index (χ1n) is 4.87. The molecule has 0 saturated heterocycles. The zero-order valence-corrected chi connectivity index (χ0v) is 11.9. The van der Waals surface area contributed by atoms with Crippen molar-refractivity contribution < 1.29 is 13.6 Å². The number of carbonyl (C=O) groups is 1. The van der Waals surface area contributed by atoms with Crippen molar-refractivity contribution in [2.45, 2.75) is 6.92 Å². The Kier molecular flexibility index (Phi) is 4.62. The minimum atomic E-state index is -1.10. The lowest BCUT2D eigenvalue weighted by Gasteiger charge is -2.09. The molecule has 0 spiro atoms. The predicted octanol–water partition coefficient (Wildman–Crippen LogP) is 3.22. The standard InChI is InChI=1S/C12H12F2INO/c1-7(6-16(2)3)12(17)9-4-8(15)5-10(13)11(9)14/h4-6H,1-3H3/b7-6+. The van der Waals surface area contributed by atoms with E-state index in [1.54, 1.807) is 32.1 Å². The average molecular weight is 351 g/mol. The van der Waals surface area contributed by atoms with Crippen molar-refractivity contribution in [2.24, 2.45) is 0 Å². The van der Waals surface area contributed by atoms with Gasteiger partial charge in [-0.05, 0) is 41.6 Å². The Morgan fingerprint density at radius 2 is 1.94 bits per heavy atom. The number of hydrogen-bond donors (Lipinski definition) is 0. The van der Waals surface area contributed by atoms with Crippen LogP contribution in [0.5, 0.6) is 0 Å². The Hall–Kier alpha value is -0.980. The summed E-state index contributed by atoms with van der Waals surface area (Å²) in [5, 5.41) is 0. The van der Waals surface area contributed by atoms with Crippen LogP contribution < -0.4 is 0 Å². The lowest BCUT2D eigenvalue weighted by atomic mass is 10.0. The van der Waals surface area contributed by atoms with Gasteiger partial charge in [0.2, 0.25) is 0 Å². The summed E-state index contributed by atoms with van der Waals surface area (Å²) in [6.07, 6.45) is 1.57. The largest absolute Gasteiger partial charge is 0.383 e. The van der Waals surface area contributed by atoms with E-state index in [0.717, 1.165) is 6.07 Å². The number of nitrogens with zero attached hydrogens (tertiary/aromatic N) is 1. The highest BCUT2D eigenvalue weighted by molar-refractivity contribution is 14.1. The van der Waals surface area contributed by atoms with E-state index in [1.165, 1.54) is 6.07 Å². The maximum atomic E-state index is 13.5. The molecule has 1 rings (SSSR count). The number of rotatable bonds is 3. The number of Topliss-reactive ketones (excluding diaryl/α,β-unsaturated/α-hetero) is 1. The molecule has 0 N–H and O–H groups in total. The number of benzene rings is 1. The third-order valence-corrected chi connectivity index (χ3v) is 2.67. The Labute approximate surface area is 112 Å². The van der Waals surface area contributed by atoms with E-state index in [4.69, 9.17) is 0 Å². The second-order valence-electron chi connectivity index (χ2n) is 3.85. The van der Waals surface area contributed by atoms with Crippen molar-refractivity contribution in [1.82, 2.24) is 4.90 Å². The van der Waals surface area contributed by atoms with E-state index >= 15 is 0 Å². The molecule has 1 aromatic rings. The molecule has 0 heterocycles. The second-order valence-corrected chi connectivity index (χ2v) is 5.10. The third kappa shape index (κ3) is 3.49. The van der Waals surface area contributed by atoms with Gasteiger partial charge in [0, 0.05) is 29.4 Å². The minimum absolute atomic E-state index is 0.231. The van der Waals surface area contributed by atoms with Crippen molar-refractivity contribution in [3.8, 4) is 0 Å². The van der Waals surface area contributed by atoms with Crippen molar-refractivity contribution in [1.29, 1.82) is 0 Å². The molecule has 17 heavy (non-hydrogen) atoms. The molecule has 0 aromatic heterocycles. The summed E-state index contributed by atoms with van der Waals surface area (Å²) in [6.45, 7) is 1.57. The molecule has 0 unspecified atom stereocenters. The third-order valence-electron chi connectivity index (χ3n) is 2.05. The van der Waals surface area contributed by atoms with Gasteiger partial charge in [0.1, 0.15) is 0 Å². The molecule has 2 nitrogen and oxygen atoms in total. The van der Waals surface area contributed by atoms with Crippen LogP contribution in [0, 0.1) is 15.2 Å². The molecule has 0 saturated carbocycles. The van der Waals surface area contributed by atoms with Gasteiger partial charge in [-0.3, -0.25) is 4.79 Å². The van der Waals surface area contributed by atoms with E-state index in [2.05, 4.69) is 0 Å². The number of hydrogen-bond acceptors (Lipinski definition) is 2. The Morgan fingerprint density at radius 3 is 2.47 bits per heavy atom. The molecular formula is C12H12F2INO. The summed E-state index contributed by atoms with van der Waals surface area (Å²) < 4.78 is 27.1. The molecule has 0 atom stereocenters. The molecule has 1 aromatic carbocycles. The first-order valence-corrected chi connectivity index (χ1v) is 5.95. The molecule has 5 heteroatoms. The summed E-state index contributed by atoms with van der Waals surface area (Å²) in [4.78, 5) is 13.6. The van der Waals surface area contributed by atoms with Crippen LogP contribution in [0.25, 0.3) is 0 Å². The Balaban J connectivity index is 3.22. The van der Waals surface area contributed by atoms with E-state index < -0.39 is 17.4 Å². The quantitative estimate of drug-likeness (QED) is 0.361. The highest BCUT2D eigenvalue weighted by Gasteiger charge is 2.18. The lowest BCUT2D eigenvalue weighted by molar-refractivity contribution is 0.102. The fourth-order valence-electron chi connectivity index (χ4n) is 1.38. The molecule has 0 bridgehead atoms.